The van der Waals surface area contributed by atoms with Crippen LogP contribution in [0.25, 0.3) is 0 Å². The van der Waals surface area contributed by atoms with Crippen molar-refractivity contribution in [2.75, 3.05) is 5.32 Å². The van der Waals surface area contributed by atoms with Crippen molar-refractivity contribution in [1.29, 1.82) is 0 Å². The van der Waals surface area contributed by atoms with Crippen molar-refractivity contribution in [3.8, 4) is 0 Å². The number of nitrogens with two attached hydrogens (primary N) is 1. The summed E-state index contributed by atoms with van der Waals surface area (Å²) in [5.74, 6) is -2.79. The third-order valence-corrected chi connectivity index (χ3v) is 3.42. The Bertz CT molecular complexity index is 707. The highest BCUT2D eigenvalue weighted by Gasteiger charge is 2.10. The maximum absolute atomic E-state index is 13.6. The van der Waals surface area contributed by atoms with E-state index in [0.717, 1.165) is 6.07 Å². The maximum atomic E-state index is 13.6. The van der Waals surface area contributed by atoms with Crippen LogP contribution < -0.4 is 11.1 Å². The van der Waals surface area contributed by atoms with E-state index in [1.807, 2.05) is 0 Å². The summed E-state index contributed by atoms with van der Waals surface area (Å²) >= 11 is 2.93. The number of benzene rings is 2. The number of primary amides is 1. The number of nitrogens with one attached hydrogen (secondary N) is 1. The van der Waals surface area contributed by atoms with E-state index in [1.165, 1.54) is 18.2 Å². The van der Waals surface area contributed by atoms with Crippen LogP contribution in [0.5, 0.6) is 0 Å². The van der Waals surface area contributed by atoms with E-state index in [9.17, 15) is 18.0 Å². The van der Waals surface area contributed by atoms with Crippen molar-refractivity contribution < 1.29 is 18.0 Å². The normalized spacial score (nSPS) is 10.5. The molecule has 0 unspecified atom stereocenters. The van der Waals surface area contributed by atoms with E-state index >= 15 is 0 Å². The summed E-state index contributed by atoms with van der Waals surface area (Å²) < 4.78 is 40.4. The first-order valence-electron chi connectivity index (χ1n) is 5.85. The van der Waals surface area contributed by atoms with Crippen LogP contribution in [0, 0.1) is 17.5 Å². The van der Waals surface area contributed by atoms with Crippen LogP contribution in [0.3, 0.4) is 0 Å². The van der Waals surface area contributed by atoms with E-state index in [2.05, 4.69) is 21.2 Å². The van der Waals surface area contributed by atoms with Crippen LogP contribution in [-0.4, -0.2) is 5.91 Å². The van der Waals surface area contributed by atoms with Gasteiger partial charge in [0, 0.05) is 23.7 Å². The quantitative estimate of drug-likeness (QED) is 0.820. The molecule has 2 aromatic rings. The fourth-order valence-corrected chi connectivity index (χ4v) is 2.06. The molecule has 0 bridgehead atoms. The van der Waals surface area contributed by atoms with E-state index in [-0.39, 0.29) is 27.8 Å². The zero-order chi connectivity index (χ0) is 15.6. The largest absolute Gasteiger partial charge is 0.378 e. The summed E-state index contributed by atoms with van der Waals surface area (Å²) in [6.07, 6.45) is 0. The topological polar surface area (TPSA) is 55.1 Å². The molecule has 0 aliphatic carbocycles. The van der Waals surface area contributed by atoms with Crippen LogP contribution >= 0.6 is 15.9 Å². The zero-order valence-electron chi connectivity index (χ0n) is 10.6. The Morgan fingerprint density at radius 1 is 1.10 bits per heavy atom. The molecule has 0 aliphatic rings. The monoisotopic (exact) mass is 358 g/mol. The summed E-state index contributed by atoms with van der Waals surface area (Å²) in [5, 5.41) is 2.64. The highest BCUT2D eigenvalue weighted by atomic mass is 79.9. The molecule has 0 fully saturated rings. The van der Waals surface area contributed by atoms with Gasteiger partial charge in [0.25, 0.3) is 0 Å². The molecular formula is C14H10BrF3N2O. The van der Waals surface area contributed by atoms with Gasteiger partial charge in [-0.05, 0) is 40.2 Å². The third-order valence-electron chi connectivity index (χ3n) is 2.81. The number of rotatable bonds is 4. The molecule has 0 spiro atoms. The Labute approximate surface area is 127 Å². The van der Waals surface area contributed by atoms with Gasteiger partial charge in [-0.3, -0.25) is 4.79 Å². The Morgan fingerprint density at radius 2 is 1.81 bits per heavy atom. The summed E-state index contributed by atoms with van der Waals surface area (Å²) in [5.41, 5.74) is 5.41. The van der Waals surface area contributed by atoms with Crippen LogP contribution in [0.2, 0.25) is 0 Å². The molecule has 0 radical (unpaired) electrons. The smallest absolute Gasteiger partial charge is 0.248 e. The molecule has 21 heavy (non-hydrogen) atoms. The first-order chi connectivity index (χ1) is 9.88. The lowest BCUT2D eigenvalue weighted by molar-refractivity contribution is 0.1000. The van der Waals surface area contributed by atoms with E-state index < -0.39 is 23.4 Å². The molecule has 3 nitrogen and oxygen atoms in total. The van der Waals surface area contributed by atoms with Gasteiger partial charge in [-0.1, -0.05) is 0 Å². The zero-order valence-corrected chi connectivity index (χ0v) is 12.2. The Morgan fingerprint density at radius 3 is 2.48 bits per heavy atom. The fourth-order valence-electron chi connectivity index (χ4n) is 1.71. The van der Waals surface area contributed by atoms with Crippen LogP contribution in [0.1, 0.15) is 15.9 Å². The van der Waals surface area contributed by atoms with E-state index in [0.29, 0.717) is 6.07 Å². The highest BCUT2D eigenvalue weighted by molar-refractivity contribution is 9.10. The summed E-state index contributed by atoms with van der Waals surface area (Å²) in [7, 11) is 0. The van der Waals surface area contributed by atoms with Crippen molar-refractivity contribution >= 4 is 27.5 Å². The van der Waals surface area contributed by atoms with Gasteiger partial charge in [0.2, 0.25) is 5.91 Å². The van der Waals surface area contributed by atoms with Gasteiger partial charge in [0.1, 0.15) is 17.5 Å². The number of anilines is 1. The molecule has 0 aromatic heterocycles. The molecule has 2 aromatic carbocycles. The van der Waals surface area contributed by atoms with Gasteiger partial charge in [0.05, 0.1) is 10.2 Å². The molecule has 7 heteroatoms. The van der Waals surface area contributed by atoms with Crippen molar-refractivity contribution in [3.63, 3.8) is 0 Å². The van der Waals surface area contributed by atoms with Gasteiger partial charge in [-0.25, -0.2) is 13.2 Å². The Hall–Kier alpha value is -2.02. The van der Waals surface area contributed by atoms with E-state index in [1.54, 1.807) is 0 Å². The molecule has 0 heterocycles. The summed E-state index contributed by atoms with van der Waals surface area (Å²) in [6, 6.07) is 5.56. The fraction of sp³-hybridized carbons (Fsp3) is 0.0714. The molecule has 1 amide bonds. The SMILES string of the molecule is NC(=O)c1ccc(F)c(CNc2cc(Br)c(F)cc2F)c1. The first-order valence-corrected chi connectivity index (χ1v) is 6.64. The number of halogens is 4. The average molecular weight is 359 g/mol. The van der Waals surface area contributed by atoms with Crippen LogP contribution in [0.4, 0.5) is 18.9 Å². The number of hydrogen-bond acceptors (Lipinski definition) is 2. The number of hydrogen-bond donors (Lipinski definition) is 2. The van der Waals surface area contributed by atoms with Crippen LogP contribution in [-0.2, 0) is 6.54 Å². The molecule has 0 saturated heterocycles. The van der Waals surface area contributed by atoms with Crippen LogP contribution in [0.15, 0.2) is 34.8 Å². The van der Waals surface area contributed by atoms with Crippen molar-refractivity contribution in [2.45, 2.75) is 6.54 Å². The second-order valence-corrected chi connectivity index (χ2v) is 5.12. The lowest BCUT2D eigenvalue weighted by Gasteiger charge is -2.10. The second kappa shape index (κ2) is 6.17. The van der Waals surface area contributed by atoms with Gasteiger partial charge >= 0.3 is 0 Å². The highest BCUT2D eigenvalue weighted by Crippen LogP contribution is 2.24. The maximum Gasteiger partial charge on any atom is 0.248 e. The molecule has 110 valence electrons. The second-order valence-electron chi connectivity index (χ2n) is 4.27. The molecule has 3 N–H and O–H groups in total. The van der Waals surface area contributed by atoms with Gasteiger partial charge in [-0.15, -0.1) is 0 Å². The minimum absolute atomic E-state index is 0.00662. The average Bonchev–Trinajstić information content (AvgIpc) is 2.42. The summed E-state index contributed by atoms with van der Waals surface area (Å²) in [6.45, 7) is -0.0814. The van der Waals surface area contributed by atoms with Gasteiger partial charge < -0.3 is 11.1 Å². The Balaban J connectivity index is 2.22. The summed E-state index contributed by atoms with van der Waals surface area (Å²) in [4.78, 5) is 11.0. The molecule has 2 rings (SSSR count). The number of carbonyl (C=O) groups excluding carboxylic acids is 1. The third kappa shape index (κ3) is 3.55. The lowest BCUT2D eigenvalue weighted by atomic mass is 10.1. The van der Waals surface area contributed by atoms with Gasteiger partial charge in [0.15, 0.2) is 0 Å². The minimum Gasteiger partial charge on any atom is -0.378 e. The number of carbonyl (C=O) groups is 1. The first kappa shape index (κ1) is 15.4. The van der Waals surface area contributed by atoms with Gasteiger partial charge in [-0.2, -0.15) is 0 Å². The van der Waals surface area contributed by atoms with Crippen molar-refractivity contribution in [3.05, 3.63) is 63.4 Å². The predicted molar refractivity (Wildman–Crippen MR) is 76.3 cm³/mol. The Kier molecular flexibility index (Phi) is 4.52. The predicted octanol–water partition coefficient (Wildman–Crippen LogP) is 3.58. The molecule has 0 saturated carbocycles. The van der Waals surface area contributed by atoms with Crippen molar-refractivity contribution in [1.82, 2.24) is 0 Å². The van der Waals surface area contributed by atoms with E-state index in [4.69, 9.17) is 5.73 Å². The standard InChI is InChI=1S/C14H10BrF3N2O/c15-9-4-13(12(18)5-11(9)17)20-6-8-3-7(14(19)21)1-2-10(8)16/h1-5,20H,6H2,(H2,19,21). The lowest BCUT2D eigenvalue weighted by Crippen LogP contribution is -2.12. The molecule has 0 aliphatic heterocycles. The van der Waals surface area contributed by atoms with Crippen molar-refractivity contribution in [2.24, 2.45) is 5.73 Å². The minimum atomic E-state index is -0.804. The molecule has 0 atom stereocenters. The number of amides is 1. The molecular weight excluding hydrogens is 349 g/mol.